The van der Waals surface area contributed by atoms with Gasteiger partial charge in [-0.15, -0.1) is 0 Å². The fourth-order valence-electron chi connectivity index (χ4n) is 1.41. The van der Waals surface area contributed by atoms with E-state index in [4.69, 9.17) is 15.8 Å². The molecule has 0 aromatic heterocycles. The first-order chi connectivity index (χ1) is 11.5. The first-order valence-electron chi connectivity index (χ1n) is 7.88. The SMILES string of the molecule is C.CCCC(O)C#N.CCCC1NC(=O)NC1=O.CCCC=O.O.O.[CH+]=N. The fraction of sp³-hybridized carbons (Fsp3) is 0.706. The summed E-state index contributed by atoms with van der Waals surface area (Å²) < 4.78 is 0. The van der Waals surface area contributed by atoms with Gasteiger partial charge in [0.2, 0.25) is 0 Å². The van der Waals surface area contributed by atoms with Crippen molar-refractivity contribution in [3.8, 4) is 6.07 Å². The Morgan fingerprint density at radius 1 is 1.22 bits per heavy atom. The minimum Gasteiger partial charge on any atom is -0.412 e. The molecule has 2 unspecified atom stereocenters. The van der Waals surface area contributed by atoms with Crippen LogP contribution in [-0.2, 0) is 9.59 Å². The molecule has 1 heterocycles. The maximum Gasteiger partial charge on any atom is 0.338 e. The van der Waals surface area contributed by atoms with Gasteiger partial charge in [0.1, 0.15) is 18.4 Å². The molecule has 160 valence electrons. The normalized spacial score (nSPS) is 13.8. The van der Waals surface area contributed by atoms with E-state index in [-0.39, 0.29) is 36.4 Å². The average molecular weight is 394 g/mol. The molecule has 1 saturated heterocycles. The number of aliphatic hydroxyl groups excluding tert-OH is 1. The van der Waals surface area contributed by atoms with Crippen molar-refractivity contribution in [3.05, 3.63) is 0 Å². The lowest BCUT2D eigenvalue weighted by molar-refractivity contribution is -0.120. The smallest absolute Gasteiger partial charge is 0.338 e. The van der Waals surface area contributed by atoms with Crippen LogP contribution in [-0.4, -0.2) is 53.1 Å². The van der Waals surface area contributed by atoms with Gasteiger partial charge < -0.3 is 26.2 Å². The summed E-state index contributed by atoms with van der Waals surface area (Å²) in [5, 5.41) is 26.4. The van der Waals surface area contributed by atoms with Crippen LogP contribution in [0, 0.1) is 16.7 Å². The molecule has 0 saturated carbocycles. The Bertz CT molecular complexity index is 388. The predicted octanol–water partition coefficient (Wildman–Crippen LogP) is 0.780. The summed E-state index contributed by atoms with van der Waals surface area (Å²) in [6, 6.07) is 1.06. The third kappa shape index (κ3) is 28.6. The van der Waals surface area contributed by atoms with Gasteiger partial charge in [-0.3, -0.25) is 10.1 Å². The van der Waals surface area contributed by atoms with E-state index in [1.54, 1.807) is 6.07 Å². The van der Waals surface area contributed by atoms with E-state index in [2.05, 4.69) is 17.4 Å². The van der Waals surface area contributed by atoms with Crippen molar-refractivity contribution in [2.75, 3.05) is 0 Å². The summed E-state index contributed by atoms with van der Waals surface area (Å²) in [4.78, 5) is 30.7. The van der Waals surface area contributed by atoms with Gasteiger partial charge in [0.25, 0.3) is 5.91 Å². The molecule has 0 aromatic rings. The number of hydrogen-bond acceptors (Lipinski definition) is 6. The van der Waals surface area contributed by atoms with E-state index >= 15 is 0 Å². The van der Waals surface area contributed by atoms with Crippen molar-refractivity contribution < 1.29 is 30.4 Å². The van der Waals surface area contributed by atoms with E-state index < -0.39 is 6.10 Å². The van der Waals surface area contributed by atoms with Crippen LogP contribution in [0.1, 0.15) is 66.7 Å². The molecule has 1 fully saturated rings. The van der Waals surface area contributed by atoms with Crippen LogP contribution in [0.2, 0.25) is 0 Å². The molecule has 0 bridgehead atoms. The first-order valence-corrected chi connectivity index (χ1v) is 7.88. The highest BCUT2D eigenvalue weighted by Gasteiger charge is 2.27. The van der Waals surface area contributed by atoms with Crippen LogP contribution in [0.15, 0.2) is 0 Å². The Hall–Kier alpha value is -2.44. The van der Waals surface area contributed by atoms with Crippen LogP contribution >= 0.6 is 0 Å². The number of amides is 3. The summed E-state index contributed by atoms with van der Waals surface area (Å²) in [6.45, 7) is 9.63. The summed E-state index contributed by atoms with van der Waals surface area (Å²) >= 11 is 0. The van der Waals surface area contributed by atoms with E-state index in [0.717, 1.165) is 32.0 Å². The molecule has 8 N–H and O–H groups in total. The number of aldehydes is 1. The Kier molecular flexibility index (Phi) is 45.9. The first kappa shape index (κ1) is 39.6. The molecule has 27 heavy (non-hydrogen) atoms. The van der Waals surface area contributed by atoms with Crippen LogP contribution in [0.5, 0.6) is 0 Å². The van der Waals surface area contributed by atoms with E-state index in [0.29, 0.717) is 12.8 Å². The number of nitriles is 1. The van der Waals surface area contributed by atoms with Crippen LogP contribution < -0.4 is 10.6 Å². The summed E-state index contributed by atoms with van der Waals surface area (Å²) in [7, 11) is 0. The van der Waals surface area contributed by atoms with E-state index in [9.17, 15) is 14.4 Å². The lowest BCUT2D eigenvalue weighted by atomic mass is 10.2. The molecule has 10 heteroatoms. The van der Waals surface area contributed by atoms with Crippen molar-refractivity contribution in [2.45, 2.75) is 78.9 Å². The zero-order valence-electron chi connectivity index (χ0n) is 15.7. The number of rotatable bonds is 6. The molecule has 0 spiro atoms. The number of unbranched alkanes of at least 4 members (excludes halogenated alkanes) is 1. The lowest BCUT2D eigenvalue weighted by Crippen LogP contribution is -2.28. The molecule has 1 rings (SSSR count). The van der Waals surface area contributed by atoms with Crippen LogP contribution in [0.4, 0.5) is 4.79 Å². The van der Waals surface area contributed by atoms with Gasteiger partial charge in [-0.25, -0.2) is 4.79 Å². The number of carbonyl (C=O) groups is 3. The number of carbonyl (C=O) groups excluding carboxylic acids is 3. The molecule has 1 aliphatic heterocycles. The molecule has 1 aliphatic rings. The fourth-order valence-corrected chi connectivity index (χ4v) is 1.41. The number of aliphatic hydroxyl groups is 1. The maximum absolute atomic E-state index is 10.8. The highest BCUT2D eigenvalue weighted by atomic mass is 16.3. The lowest BCUT2D eigenvalue weighted by Gasteiger charge is -2.01. The Morgan fingerprint density at radius 3 is 1.93 bits per heavy atom. The molecule has 2 atom stereocenters. The standard InChI is InChI=1S/C6H10N2O2.C5H9NO.C4H8O.CH2N.CH4.2H2O/c1-2-3-4-5(9)8-6(10)7-4;1-2-3-5(7)4-6;1-2-3-4-5;1-2;;;/h4H,2-3H2,1H3,(H2,7,8,9,10);5,7H,2-3H2,1H3;4H,2-3H2,1H3;1-2H;1H4;2*1H2/q;;;+1;;;. The molecule has 0 aromatic carbocycles. The second kappa shape index (κ2) is 31.3. The third-order valence-corrected chi connectivity index (χ3v) is 2.55. The van der Waals surface area contributed by atoms with Gasteiger partial charge in [0.05, 0.1) is 6.07 Å². The zero-order chi connectivity index (χ0) is 19.4. The number of nitrogens with one attached hydrogen (secondary N) is 3. The molecule has 3 amide bonds. The van der Waals surface area contributed by atoms with Gasteiger partial charge in [0, 0.05) is 6.42 Å². The maximum atomic E-state index is 10.8. The van der Waals surface area contributed by atoms with Gasteiger partial charge in [-0.1, -0.05) is 46.4 Å². The largest absolute Gasteiger partial charge is 0.412 e. The van der Waals surface area contributed by atoms with Gasteiger partial charge in [-0.2, -0.15) is 5.26 Å². The summed E-state index contributed by atoms with van der Waals surface area (Å²) in [5.41, 5.74) is 0. The van der Waals surface area contributed by atoms with Gasteiger partial charge in [-0.05, 0) is 19.3 Å². The number of imide groups is 1. The Morgan fingerprint density at radius 2 is 1.74 bits per heavy atom. The minimum absolute atomic E-state index is 0. The average Bonchev–Trinajstić information content (AvgIpc) is 2.89. The van der Waals surface area contributed by atoms with Crippen molar-refractivity contribution in [2.24, 2.45) is 0 Å². The summed E-state index contributed by atoms with van der Waals surface area (Å²) in [6.07, 6.45) is 4.95. The zero-order valence-corrected chi connectivity index (χ0v) is 15.7. The van der Waals surface area contributed by atoms with Crippen LogP contribution in [0.3, 0.4) is 0 Å². The molecule has 10 nitrogen and oxygen atoms in total. The van der Waals surface area contributed by atoms with Crippen molar-refractivity contribution in [1.29, 1.82) is 10.7 Å². The summed E-state index contributed by atoms with van der Waals surface area (Å²) in [5.74, 6) is -0.202. The van der Waals surface area contributed by atoms with Crippen molar-refractivity contribution in [3.63, 3.8) is 0 Å². The molecule has 0 radical (unpaired) electrons. The van der Waals surface area contributed by atoms with E-state index in [1.807, 2.05) is 20.8 Å². The second-order valence-electron chi connectivity index (χ2n) is 4.69. The molecule has 0 aliphatic carbocycles. The highest BCUT2D eigenvalue weighted by molar-refractivity contribution is 6.04. The number of urea groups is 1. The second-order valence-corrected chi connectivity index (χ2v) is 4.69. The Labute approximate surface area is 162 Å². The van der Waals surface area contributed by atoms with Gasteiger partial charge in [0.15, 0.2) is 0 Å². The van der Waals surface area contributed by atoms with Crippen LogP contribution in [0.25, 0.3) is 0 Å². The Balaban J connectivity index is -0.0000000583. The van der Waals surface area contributed by atoms with Gasteiger partial charge >= 0.3 is 12.7 Å². The number of nitrogens with zero attached hydrogens (tertiary/aromatic N) is 1. The van der Waals surface area contributed by atoms with E-state index in [1.165, 1.54) is 0 Å². The quantitative estimate of drug-likeness (QED) is 0.169. The topological polar surface area (TPSA) is 206 Å². The predicted molar refractivity (Wildman–Crippen MR) is 106 cm³/mol. The third-order valence-electron chi connectivity index (χ3n) is 2.55. The highest BCUT2D eigenvalue weighted by Crippen LogP contribution is 2.00. The number of hydrogen-bond donors (Lipinski definition) is 4. The van der Waals surface area contributed by atoms with Crippen molar-refractivity contribution in [1.82, 2.24) is 10.6 Å². The monoisotopic (exact) mass is 393 g/mol. The molecular formula is C17H37N4O6+. The van der Waals surface area contributed by atoms with Crippen molar-refractivity contribution >= 4 is 24.9 Å². The molecular weight excluding hydrogens is 356 g/mol. The minimum atomic E-state index is -0.745.